The first-order valence-corrected chi connectivity index (χ1v) is 8.58. The zero-order valence-electron chi connectivity index (χ0n) is 13.1. The van der Waals surface area contributed by atoms with E-state index in [1.165, 1.54) is 23.6 Å². The third kappa shape index (κ3) is 3.11. The summed E-state index contributed by atoms with van der Waals surface area (Å²) in [5.41, 5.74) is -0.908. The average Bonchev–Trinajstić information content (AvgIpc) is 2.58. The highest BCUT2D eigenvalue weighted by molar-refractivity contribution is 8.00. The maximum absolute atomic E-state index is 12.2. The van der Waals surface area contributed by atoms with Crippen molar-refractivity contribution < 1.29 is 24.2 Å². The lowest BCUT2D eigenvalue weighted by Crippen LogP contribution is -2.75. The molecular formula is C16H18N2O5S. The van der Waals surface area contributed by atoms with E-state index in [0.29, 0.717) is 0 Å². The van der Waals surface area contributed by atoms with Gasteiger partial charge in [-0.2, -0.15) is 0 Å². The molecule has 3 atom stereocenters. The number of nitrogens with one attached hydrogen (secondary N) is 1. The summed E-state index contributed by atoms with van der Waals surface area (Å²) in [5, 5.41) is 12.9. The number of thioether (sulfide) groups is 1. The van der Waals surface area contributed by atoms with E-state index in [9.17, 15) is 19.5 Å². The number of aliphatic hydroxyl groups is 1. The average molecular weight is 350 g/mol. The highest BCUT2D eigenvalue weighted by Crippen LogP contribution is 2.38. The molecule has 0 aliphatic carbocycles. The third-order valence-electron chi connectivity index (χ3n) is 4.02. The first kappa shape index (κ1) is 16.8. The summed E-state index contributed by atoms with van der Waals surface area (Å²) in [6.07, 6.45) is 0. The molecule has 24 heavy (non-hydrogen) atoms. The summed E-state index contributed by atoms with van der Waals surface area (Å²) in [5.74, 6) is -1.20. The second-order valence-corrected chi connectivity index (χ2v) is 7.04. The topological polar surface area (TPSA) is 95.9 Å². The van der Waals surface area contributed by atoms with Crippen molar-refractivity contribution in [2.45, 2.75) is 30.5 Å². The van der Waals surface area contributed by atoms with E-state index in [-0.39, 0.29) is 36.1 Å². The normalized spacial score (nSPS) is 28.6. The minimum Gasteiger partial charge on any atom is -0.459 e. The second kappa shape index (κ2) is 6.45. The molecule has 0 saturated carbocycles. The Bertz CT molecular complexity index is 668. The van der Waals surface area contributed by atoms with Gasteiger partial charge in [0.05, 0.1) is 6.54 Å². The van der Waals surface area contributed by atoms with Crippen LogP contribution in [0.1, 0.15) is 12.5 Å². The number of rotatable bonds is 4. The molecule has 2 heterocycles. The maximum atomic E-state index is 12.2. The number of amides is 2. The van der Waals surface area contributed by atoms with Gasteiger partial charge in [0.1, 0.15) is 18.0 Å². The van der Waals surface area contributed by atoms with Crippen LogP contribution in [0.2, 0.25) is 0 Å². The Balaban J connectivity index is 1.58. The molecule has 2 unspecified atom stereocenters. The number of fused-ring (bicyclic) bond motifs is 1. The number of benzene rings is 1. The van der Waals surface area contributed by atoms with Crippen LogP contribution in [0.5, 0.6) is 0 Å². The zero-order valence-corrected chi connectivity index (χ0v) is 13.9. The van der Waals surface area contributed by atoms with Crippen LogP contribution in [-0.2, 0) is 25.7 Å². The van der Waals surface area contributed by atoms with E-state index in [1.54, 1.807) is 0 Å². The van der Waals surface area contributed by atoms with E-state index in [2.05, 4.69) is 5.32 Å². The van der Waals surface area contributed by atoms with E-state index >= 15 is 0 Å². The summed E-state index contributed by atoms with van der Waals surface area (Å²) in [7, 11) is 0. The SMILES string of the molecule is CC(=O)NC1C(=O)N2CC(O)(C(=O)OCc3ccccc3)CS[C@H]12. The van der Waals surface area contributed by atoms with E-state index < -0.39 is 17.6 Å². The van der Waals surface area contributed by atoms with Gasteiger partial charge in [0.25, 0.3) is 0 Å². The van der Waals surface area contributed by atoms with Gasteiger partial charge in [0.2, 0.25) is 11.8 Å². The lowest BCUT2D eigenvalue weighted by atomic mass is 9.99. The maximum Gasteiger partial charge on any atom is 0.341 e. The Morgan fingerprint density at radius 3 is 2.79 bits per heavy atom. The molecule has 1 aromatic rings. The van der Waals surface area contributed by atoms with Crippen LogP contribution in [0.15, 0.2) is 30.3 Å². The van der Waals surface area contributed by atoms with Gasteiger partial charge >= 0.3 is 5.97 Å². The molecule has 0 spiro atoms. The van der Waals surface area contributed by atoms with Gasteiger partial charge in [-0.25, -0.2) is 4.79 Å². The smallest absolute Gasteiger partial charge is 0.341 e. The number of carbonyl (C=O) groups is 3. The minimum atomic E-state index is -1.73. The lowest BCUT2D eigenvalue weighted by Gasteiger charge is -2.52. The van der Waals surface area contributed by atoms with Gasteiger partial charge in [-0.05, 0) is 5.56 Å². The predicted octanol–water partition coefficient (Wildman–Crippen LogP) is -0.119. The molecular weight excluding hydrogens is 332 g/mol. The number of carbonyl (C=O) groups excluding carboxylic acids is 3. The molecule has 0 bridgehead atoms. The second-order valence-electron chi connectivity index (χ2n) is 5.94. The number of nitrogens with zero attached hydrogens (tertiary/aromatic N) is 1. The summed E-state index contributed by atoms with van der Waals surface area (Å²) >= 11 is 1.26. The summed E-state index contributed by atoms with van der Waals surface area (Å²) in [6.45, 7) is 1.30. The molecule has 8 heteroatoms. The monoisotopic (exact) mass is 350 g/mol. The summed E-state index contributed by atoms with van der Waals surface area (Å²) in [6, 6.07) is 8.58. The van der Waals surface area contributed by atoms with Gasteiger partial charge in [0.15, 0.2) is 5.60 Å². The molecule has 2 aliphatic rings. The van der Waals surface area contributed by atoms with Crippen LogP contribution in [0.4, 0.5) is 0 Å². The van der Waals surface area contributed by atoms with Gasteiger partial charge in [0, 0.05) is 12.7 Å². The highest BCUT2D eigenvalue weighted by Gasteiger charge is 2.57. The van der Waals surface area contributed by atoms with Crippen molar-refractivity contribution in [3.05, 3.63) is 35.9 Å². The van der Waals surface area contributed by atoms with Crippen molar-refractivity contribution in [1.82, 2.24) is 10.2 Å². The van der Waals surface area contributed by atoms with E-state index in [1.807, 2.05) is 30.3 Å². The van der Waals surface area contributed by atoms with Crippen molar-refractivity contribution in [3.63, 3.8) is 0 Å². The van der Waals surface area contributed by atoms with Gasteiger partial charge in [-0.1, -0.05) is 30.3 Å². The van der Waals surface area contributed by atoms with Gasteiger partial charge in [-0.15, -0.1) is 11.8 Å². The largest absolute Gasteiger partial charge is 0.459 e. The van der Waals surface area contributed by atoms with E-state index in [0.717, 1.165) is 5.56 Å². The minimum absolute atomic E-state index is 0.0680. The molecule has 0 aromatic heterocycles. The Morgan fingerprint density at radius 2 is 2.12 bits per heavy atom. The Kier molecular flexibility index (Phi) is 4.51. The number of β-lactam (4-membered cyclic amide) rings is 1. The number of ether oxygens (including phenoxy) is 1. The Morgan fingerprint density at radius 1 is 1.42 bits per heavy atom. The van der Waals surface area contributed by atoms with Crippen LogP contribution >= 0.6 is 11.8 Å². The number of hydrogen-bond acceptors (Lipinski definition) is 6. The first-order chi connectivity index (χ1) is 11.4. The Labute approximate surface area is 143 Å². The lowest BCUT2D eigenvalue weighted by molar-refractivity contribution is -0.173. The highest BCUT2D eigenvalue weighted by atomic mass is 32.2. The molecule has 3 rings (SSSR count). The molecule has 2 aliphatic heterocycles. The van der Waals surface area contributed by atoms with Crippen molar-refractivity contribution in [3.8, 4) is 0 Å². The van der Waals surface area contributed by atoms with Crippen molar-refractivity contribution >= 4 is 29.5 Å². The fourth-order valence-electron chi connectivity index (χ4n) is 2.76. The van der Waals surface area contributed by atoms with Gasteiger partial charge in [-0.3, -0.25) is 9.59 Å². The standard InChI is InChI=1S/C16H18N2O5S/c1-10(19)17-12-13(20)18-8-16(22,9-24-14(12)18)15(21)23-7-11-5-3-2-4-6-11/h2-6,12,14,22H,7-9H2,1H3,(H,17,19)/t12?,14-,16?/m1/s1. The molecule has 0 radical (unpaired) electrons. The molecule has 7 nitrogen and oxygen atoms in total. The first-order valence-electron chi connectivity index (χ1n) is 7.53. The molecule has 2 N–H and O–H groups in total. The van der Waals surface area contributed by atoms with Crippen LogP contribution < -0.4 is 5.32 Å². The van der Waals surface area contributed by atoms with Crippen LogP contribution in [0.3, 0.4) is 0 Å². The molecule has 2 saturated heterocycles. The van der Waals surface area contributed by atoms with Crippen LogP contribution in [0, 0.1) is 0 Å². The number of hydrogen-bond donors (Lipinski definition) is 2. The molecule has 1 aromatic carbocycles. The molecule has 2 fully saturated rings. The summed E-state index contributed by atoms with van der Waals surface area (Å²) in [4.78, 5) is 36.8. The Hall–Kier alpha value is -2.06. The van der Waals surface area contributed by atoms with Gasteiger partial charge < -0.3 is 20.1 Å². The van der Waals surface area contributed by atoms with Crippen molar-refractivity contribution in [2.75, 3.05) is 12.3 Å². The zero-order chi connectivity index (χ0) is 17.3. The number of esters is 1. The van der Waals surface area contributed by atoms with E-state index in [4.69, 9.17) is 4.74 Å². The van der Waals surface area contributed by atoms with Crippen LogP contribution in [-0.4, -0.2) is 57.1 Å². The van der Waals surface area contributed by atoms with Crippen molar-refractivity contribution in [2.24, 2.45) is 0 Å². The molecule has 128 valence electrons. The quantitative estimate of drug-likeness (QED) is 0.581. The van der Waals surface area contributed by atoms with Crippen LogP contribution in [0.25, 0.3) is 0 Å². The fourth-order valence-corrected chi connectivity index (χ4v) is 4.15. The predicted molar refractivity (Wildman–Crippen MR) is 86.8 cm³/mol. The van der Waals surface area contributed by atoms with Crippen molar-refractivity contribution in [1.29, 1.82) is 0 Å². The summed E-state index contributed by atoms with van der Waals surface area (Å²) < 4.78 is 5.19. The fraction of sp³-hybridized carbons (Fsp3) is 0.438. The third-order valence-corrected chi connectivity index (χ3v) is 5.53. The molecule has 2 amide bonds.